The molecule has 0 spiro atoms. The van der Waals surface area contributed by atoms with Crippen LogP contribution in [0.1, 0.15) is 57.1 Å². The van der Waals surface area contributed by atoms with Gasteiger partial charge in [-0.15, -0.1) is 13.2 Å². The fourth-order valence-electron chi connectivity index (χ4n) is 3.09. The maximum absolute atomic E-state index is 13.0. The van der Waals surface area contributed by atoms with Gasteiger partial charge in [0.2, 0.25) is 11.8 Å². The number of aliphatic hydroxyl groups excluding tert-OH is 1. The molecule has 7 heteroatoms. The van der Waals surface area contributed by atoms with Crippen molar-refractivity contribution in [2.45, 2.75) is 57.5 Å². The average Bonchev–Trinajstić information content (AvgIpc) is 2.79. The number of benzene rings is 1. The van der Waals surface area contributed by atoms with Crippen LogP contribution in [0.4, 0.5) is 0 Å². The summed E-state index contributed by atoms with van der Waals surface area (Å²) in [5, 5.41) is 14.7. The normalized spacial score (nSPS) is 13.3. The van der Waals surface area contributed by atoms with Crippen molar-refractivity contribution in [1.29, 1.82) is 0 Å². The maximum Gasteiger partial charge on any atom is 0.305 e. The Morgan fingerprint density at radius 3 is 2.44 bits per heavy atom. The first kappa shape index (κ1) is 27.1. The lowest BCUT2D eigenvalue weighted by molar-refractivity contribution is -0.145. The van der Waals surface area contributed by atoms with E-state index in [9.17, 15) is 14.4 Å². The molecule has 0 saturated carbocycles. The zero-order valence-electron chi connectivity index (χ0n) is 18.9. The number of esters is 1. The quantitative estimate of drug-likeness (QED) is 0.206. The Morgan fingerprint density at radius 2 is 1.81 bits per heavy atom. The van der Waals surface area contributed by atoms with Gasteiger partial charge in [-0.25, -0.2) is 0 Å². The molecule has 0 aliphatic carbocycles. The van der Waals surface area contributed by atoms with Gasteiger partial charge in [0.05, 0.1) is 18.6 Å². The Labute approximate surface area is 190 Å². The fraction of sp³-hybridized carbons (Fsp3) is 0.480. The van der Waals surface area contributed by atoms with Gasteiger partial charge in [-0.3, -0.25) is 14.4 Å². The van der Waals surface area contributed by atoms with E-state index >= 15 is 0 Å². The second-order valence-corrected chi connectivity index (χ2v) is 7.77. The molecule has 1 rings (SSSR count). The van der Waals surface area contributed by atoms with Gasteiger partial charge in [-0.2, -0.15) is 0 Å². The van der Waals surface area contributed by atoms with Gasteiger partial charge < -0.3 is 20.5 Å². The zero-order chi connectivity index (χ0) is 23.8. The van der Waals surface area contributed by atoms with E-state index in [0.29, 0.717) is 12.8 Å². The number of aliphatic hydroxyl groups is 1. The van der Waals surface area contributed by atoms with Crippen molar-refractivity contribution >= 4 is 17.8 Å². The van der Waals surface area contributed by atoms with Crippen LogP contribution in [0.2, 0.25) is 0 Å². The number of carbonyl (C=O) groups is 3. The molecule has 0 unspecified atom stereocenters. The molecule has 0 heterocycles. The van der Waals surface area contributed by atoms with E-state index in [0.717, 1.165) is 24.8 Å². The molecule has 0 saturated heterocycles. The van der Waals surface area contributed by atoms with Gasteiger partial charge in [-0.05, 0) is 38.2 Å². The van der Waals surface area contributed by atoms with E-state index in [1.165, 1.54) is 0 Å². The lowest BCUT2D eigenvalue weighted by Gasteiger charge is -2.23. The summed E-state index contributed by atoms with van der Waals surface area (Å²) < 4.78 is 5.42. The molecule has 176 valence electrons. The first-order chi connectivity index (χ1) is 15.4. The summed E-state index contributed by atoms with van der Waals surface area (Å²) in [5.74, 6) is -1.59. The highest BCUT2D eigenvalue weighted by Crippen LogP contribution is 2.17. The molecule has 0 aliphatic rings. The molecule has 7 nitrogen and oxygen atoms in total. The fourth-order valence-corrected chi connectivity index (χ4v) is 3.09. The van der Waals surface area contributed by atoms with E-state index in [1.807, 2.05) is 36.4 Å². The van der Waals surface area contributed by atoms with Crippen molar-refractivity contribution < 1.29 is 24.2 Å². The predicted octanol–water partition coefficient (Wildman–Crippen LogP) is 3.21. The number of unbranched alkanes of at least 4 members (excludes halogenated alkanes) is 2. The summed E-state index contributed by atoms with van der Waals surface area (Å²) in [6.07, 6.45) is 6.44. The molecule has 0 fully saturated rings. The van der Waals surface area contributed by atoms with Crippen LogP contribution in [0.25, 0.3) is 0 Å². The second-order valence-electron chi connectivity index (χ2n) is 7.77. The van der Waals surface area contributed by atoms with Crippen molar-refractivity contribution in [3.63, 3.8) is 0 Å². The molecule has 3 atom stereocenters. The second kappa shape index (κ2) is 15.8. The molecule has 0 aromatic heterocycles. The van der Waals surface area contributed by atoms with Crippen molar-refractivity contribution in [3.05, 3.63) is 61.2 Å². The maximum atomic E-state index is 13.0. The smallest absolute Gasteiger partial charge is 0.305 e. The molecule has 0 aliphatic heterocycles. The number of carbonyl (C=O) groups excluding carboxylic acids is 3. The monoisotopic (exact) mass is 444 g/mol. The third kappa shape index (κ3) is 10.9. The van der Waals surface area contributed by atoms with E-state index < -0.39 is 18.0 Å². The molecule has 2 amide bonds. The van der Waals surface area contributed by atoms with Crippen molar-refractivity contribution in [3.8, 4) is 0 Å². The van der Waals surface area contributed by atoms with Crippen LogP contribution >= 0.6 is 0 Å². The van der Waals surface area contributed by atoms with Crippen LogP contribution in [-0.4, -0.2) is 42.1 Å². The van der Waals surface area contributed by atoms with Crippen molar-refractivity contribution in [2.75, 3.05) is 13.2 Å². The topological polar surface area (TPSA) is 105 Å². The summed E-state index contributed by atoms with van der Waals surface area (Å²) in [7, 11) is 0. The summed E-state index contributed by atoms with van der Waals surface area (Å²) in [4.78, 5) is 37.3. The first-order valence-electron chi connectivity index (χ1n) is 11.0. The molecule has 1 aromatic rings. The van der Waals surface area contributed by atoms with E-state index in [-0.39, 0.29) is 37.4 Å². The standard InChI is InChI=1S/C25H36N2O5/c1-4-6-7-11-15-24(30)32-18-22(20-13-9-8-10-14-20)27-25(31)21(12-5-2)16-23(29)26-19(3)17-28/h4-5,8-10,13-14,19,21-22,28H,1-2,6-7,11-12,15-18H2,3H3,(H,26,29)(H,27,31)/t19-,21+,22+/m1/s1. The molecule has 1 aromatic carbocycles. The number of hydrogen-bond donors (Lipinski definition) is 3. The van der Waals surface area contributed by atoms with Crippen LogP contribution in [0.5, 0.6) is 0 Å². The number of amides is 2. The van der Waals surface area contributed by atoms with Crippen molar-refractivity contribution in [2.24, 2.45) is 5.92 Å². The summed E-state index contributed by atoms with van der Waals surface area (Å²) in [6.45, 7) is 8.84. The highest BCUT2D eigenvalue weighted by Gasteiger charge is 2.25. The van der Waals surface area contributed by atoms with Gasteiger partial charge >= 0.3 is 5.97 Å². The average molecular weight is 445 g/mol. The van der Waals surface area contributed by atoms with Crippen LogP contribution in [0.3, 0.4) is 0 Å². The number of allylic oxidation sites excluding steroid dienone is 2. The Kier molecular flexibility index (Phi) is 13.4. The Bertz CT molecular complexity index is 735. The Balaban J connectivity index is 2.78. The van der Waals surface area contributed by atoms with Gasteiger partial charge in [0.25, 0.3) is 0 Å². The minimum atomic E-state index is -0.626. The van der Waals surface area contributed by atoms with E-state index in [1.54, 1.807) is 13.0 Å². The third-order valence-corrected chi connectivity index (χ3v) is 4.90. The van der Waals surface area contributed by atoms with Crippen LogP contribution < -0.4 is 10.6 Å². The van der Waals surface area contributed by atoms with Gasteiger partial charge in [0.15, 0.2) is 0 Å². The SMILES string of the molecule is C=CCCCCC(=O)OC[C@H](NC(=O)[C@@H](CC=C)CC(=O)N[C@H](C)CO)c1ccccc1. The largest absolute Gasteiger partial charge is 0.463 e. The molecule has 3 N–H and O–H groups in total. The van der Waals surface area contributed by atoms with Crippen LogP contribution in [-0.2, 0) is 19.1 Å². The minimum Gasteiger partial charge on any atom is -0.463 e. The zero-order valence-corrected chi connectivity index (χ0v) is 18.9. The predicted molar refractivity (Wildman–Crippen MR) is 125 cm³/mol. The van der Waals surface area contributed by atoms with Gasteiger partial charge in [0.1, 0.15) is 6.61 Å². The lowest BCUT2D eigenvalue weighted by Crippen LogP contribution is -2.40. The molecular weight excluding hydrogens is 408 g/mol. The lowest BCUT2D eigenvalue weighted by atomic mass is 9.98. The highest BCUT2D eigenvalue weighted by atomic mass is 16.5. The van der Waals surface area contributed by atoms with Gasteiger partial charge in [-0.1, -0.05) is 42.5 Å². The first-order valence-corrected chi connectivity index (χ1v) is 11.0. The highest BCUT2D eigenvalue weighted by molar-refractivity contribution is 5.86. The molecule has 0 bridgehead atoms. The summed E-state index contributed by atoms with van der Waals surface area (Å²) in [6, 6.07) is 8.32. The van der Waals surface area contributed by atoms with Crippen molar-refractivity contribution in [1.82, 2.24) is 10.6 Å². The van der Waals surface area contributed by atoms with Gasteiger partial charge in [0, 0.05) is 18.9 Å². The van der Waals surface area contributed by atoms with Crippen LogP contribution in [0, 0.1) is 5.92 Å². The Hall–Kier alpha value is -2.93. The summed E-state index contributed by atoms with van der Waals surface area (Å²) >= 11 is 0. The number of rotatable bonds is 16. The number of ether oxygens (including phenoxy) is 1. The van der Waals surface area contributed by atoms with E-state index in [4.69, 9.17) is 9.84 Å². The molecular formula is C25H36N2O5. The van der Waals surface area contributed by atoms with Crippen LogP contribution in [0.15, 0.2) is 55.6 Å². The molecule has 32 heavy (non-hydrogen) atoms. The third-order valence-electron chi connectivity index (χ3n) is 4.90. The summed E-state index contributed by atoms with van der Waals surface area (Å²) in [5.41, 5.74) is 0.802. The van der Waals surface area contributed by atoms with E-state index in [2.05, 4.69) is 23.8 Å². The molecule has 0 radical (unpaired) electrons. The Morgan fingerprint density at radius 1 is 1.09 bits per heavy atom. The number of hydrogen-bond acceptors (Lipinski definition) is 5. The number of nitrogens with one attached hydrogen (secondary N) is 2. The minimum absolute atomic E-state index is 0.00456.